The molecule has 12 aromatic rings. The number of nitriles is 1. The molecule has 3 atom stereocenters. The topological polar surface area (TPSA) is 318 Å². The Kier molecular flexibility index (Phi) is 24.5. The van der Waals surface area contributed by atoms with Gasteiger partial charge in [0.1, 0.15) is 5.82 Å². The first-order valence-corrected chi connectivity index (χ1v) is 48.0. The van der Waals surface area contributed by atoms with Crippen LogP contribution in [0.5, 0.6) is 0 Å². The normalized spacial score (nSPS) is 19.2. The number of amides is 4. The monoisotopic (exact) mass is 1880 g/mol. The molecule has 720 valence electrons. The van der Waals surface area contributed by atoms with E-state index in [1.807, 2.05) is 96.0 Å². The molecule has 20 heterocycles. The van der Waals surface area contributed by atoms with Crippen LogP contribution in [0.25, 0.3) is 44.5 Å². The molecule has 3 unspecified atom stereocenters. The average Bonchev–Trinajstić information content (AvgIpc) is 1.58. The Hall–Kier alpha value is -13.4. The summed E-state index contributed by atoms with van der Waals surface area (Å²) in [6.07, 6.45) is 19.0. The lowest BCUT2D eigenvalue weighted by Gasteiger charge is -2.33. The smallest absolute Gasteiger partial charge is 0.392 e. The van der Waals surface area contributed by atoms with Gasteiger partial charge in [0.2, 0.25) is 23.6 Å². The quantitative estimate of drug-likeness (QED) is 0.105. The summed E-state index contributed by atoms with van der Waals surface area (Å²) in [6, 6.07) is 20.7. The van der Waals surface area contributed by atoms with Gasteiger partial charge in [0.25, 0.3) is 0 Å². The highest BCUT2D eigenvalue weighted by molar-refractivity contribution is 5.84. The first kappa shape index (κ1) is 91.1. The van der Waals surface area contributed by atoms with Gasteiger partial charge in [-0.05, 0) is 145 Å². The predicted octanol–water partition coefficient (Wildman–Crippen LogP) is 12.3. The minimum atomic E-state index is -4.53. The molecule has 34 nitrogen and oxygen atoms in total. The molecule has 38 heteroatoms. The van der Waals surface area contributed by atoms with Crippen LogP contribution in [-0.2, 0) is 157 Å². The number of nitrogens with zero attached hydrogens (tertiary/aromatic N) is 25. The van der Waals surface area contributed by atoms with Gasteiger partial charge in [-0.15, -0.1) is 0 Å². The number of aromatic nitrogens is 16. The summed E-state index contributed by atoms with van der Waals surface area (Å²) >= 11 is 0. The van der Waals surface area contributed by atoms with Crippen molar-refractivity contribution in [3.63, 3.8) is 0 Å². The summed E-state index contributed by atoms with van der Waals surface area (Å²) in [5.74, 6) is 3.54. The zero-order chi connectivity index (χ0) is 95.4. The molecular weight excluding hydrogens is 1770 g/mol. The molecule has 0 bridgehead atoms. The third-order valence-electron chi connectivity index (χ3n) is 29.4. The lowest BCUT2D eigenvalue weighted by atomic mass is 9.95. The molecule has 24 rings (SSSR count). The van der Waals surface area contributed by atoms with Crippen molar-refractivity contribution in [2.45, 2.75) is 174 Å². The Morgan fingerprint density at radius 2 is 0.841 bits per heavy atom. The number of alkyl halides is 3. The standard InChI is InChI=1S/C25H27F3N6O2.C25H29FN6O2.C25H27N7O2.C25H30N6O3/c1-15(35)32-9-7-22-20(12-32)24(30-34(22)18-13-36-14-18)33-8-3-4-17-10-16(5-6-21(17)33)19-11-31(2)29-23(19)25(26,27)28;1-16(33)30-8-5-23-21(14-30)25(28-32(23)19-6-9-34-15-19)31-7-3-4-17-10-20(22(26)11-24(17)31)18-12-27-29(2)13-18;1-16(33)30-6-4-23-22(14-30)25(28-32(23)20-5-8-34-15-20)31-7-3-21-18(11-26)9-17(10-24(21)31)19-12-27-29(2)13-19;1-16(33)29-8-6-24-21(13-29)25(27-31(24)18-7-10-34-15-18)30-9-5-20-22(14-32)19(3-4-23(20)30)17-11-26-28(2)12-17/h5-6,10-11,18H,3-4,7-9,12-14H2,1-2H3;10-13,19H,3-9,14-15H2,1-2H3;9-10,12-13,20H,3-8,14-15H2,1-2H3;3-4,11-12,18,32H,5-10,13-15H2,1-2H3. The number of aryl methyl sites for hydroxylation is 6. The van der Waals surface area contributed by atoms with Gasteiger partial charge in [-0.2, -0.15) is 59.2 Å². The molecule has 12 aliphatic heterocycles. The van der Waals surface area contributed by atoms with Crippen molar-refractivity contribution in [2.24, 2.45) is 28.2 Å². The summed E-state index contributed by atoms with van der Waals surface area (Å²) in [7, 11) is 7.12. The number of carbonyl (C=O) groups excluding carboxylic acids is 4. The molecule has 4 aromatic carbocycles. The number of carbonyl (C=O) groups is 4. The van der Waals surface area contributed by atoms with Crippen LogP contribution in [0, 0.1) is 17.1 Å². The van der Waals surface area contributed by atoms with Gasteiger partial charge >= 0.3 is 6.18 Å². The van der Waals surface area contributed by atoms with Crippen LogP contribution < -0.4 is 19.6 Å². The Morgan fingerprint density at radius 1 is 0.413 bits per heavy atom. The number of benzene rings is 4. The van der Waals surface area contributed by atoms with Crippen molar-refractivity contribution in [2.75, 3.05) is 125 Å². The molecule has 8 aromatic heterocycles. The first-order chi connectivity index (χ1) is 66.8. The van der Waals surface area contributed by atoms with Crippen molar-refractivity contribution in [3.05, 3.63) is 188 Å². The van der Waals surface area contributed by atoms with E-state index in [0.717, 1.165) is 266 Å². The van der Waals surface area contributed by atoms with Gasteiger partial charge in [0, 0.05) is 274 Å². The molecule has 4 amide bonds. The SMILES string of the molecule is CC(=O)N1CCc2c(c(N3CCCc4cc(-c5cn(C)nc5C(F)(F)F)ccc43)nn2C2COC2)C1.CC(=O)N1CCc2c(c(N3CCCc4cc(-c5cnn(C)c5)c(F)cc43)nn2C2CCOC2)C1.CC(=O)N1CCc2c(c(N3CCc4c(C#N)cc(-c5cnn(C)c5)cc43)nn2C2CCOC2)C1.CC(=O)N1CCc2c(c(N3CCc4c3ccc(-c3cnn(C)c3)c4CO)nn2C2CCOC2)C1. The van der Waals surface area contributed by atoms with Gasteiger partial charge in [-0.1, -0.05) is 12.1 Å². The third-order valence-corrected chi connectivity index (χ3v) is 29.4. The van der Waals surface area contributed by atoms with E-state index in [2.05, 4.69) is 83.0 Å². The van der Waals surface area contributed by atoms with Crippen molar-refractivity contribution >= 4 is 69.6 Å². The maximum atomic E-state index is 15.4. The number of aliphatic hydroxyl groups excluding tert-OH is 1. The molecule has 0 saturated carbocycles. The van der Waals surface area contributed by atoms with E-state index in [0.29, 0.717) is 95.5 Å². The van der Waals surface area contributed by atoms with Crippen molar-refractivity contribution in [1.29, 1.82) is 5.26 Å². The highest BCUT2D eigenvalue weighted by Crippen LogP contribution is 2.50. The fourth-order valence-electron chi connectivity index (χ4n) is 22.2. The van der Waals surface area contributed by atoms with Crippen molar-refractivity contribution in [1.82, 2.24) is 97.8 Å². The molecule has 1 N–H and O–H groups in total. The molecule has 12 aliphatic rings. The van der Waals surface area contributed by atoms with E-state index >= 15 is 4.39 Å². The number of hydrogen-bond acceptors (Lipinski definition) is 22. The highest BCUT2D eigenvalue weighted by atomic mass is 19.4. The molecule has 0 radical (unpaired) electrons. The summed E-state index contributed by atoms with van der Waals surface area (Å²) in [5.41, 5.74) is 24.1. The average molecular weight is 1890 g/mol. The number of aliphatic hydroxyl groups is 1. The van der Waals surface area contributed by atoms with Crippen molar-refractivity contribution < 1.29 is 60.8 Å². The van der Waals surface area contributed by atoms with Gasteiger partial charge in [-0.3, -0.25) is 56.6 Å². The maximum Gasteiger partial charge on any atom is 0.435 e. The Morgan fingerprint density at radius 3 is 1.27 bits per heavy atom. The number of halogens is 4. The fourth-order valence-corrected chi connectivity index (χ4v) is 22.2. The van der Waals surface area contributed by atoms with Gasteiger partial charge in [0.05, 0.1) is 120 Å². The predicted molar refractivity (Wildman–Crippen MR) is 504 cm³/mol. The number of rotatable bonds is 13. The van der Waals surface area contributed by atoms with E-state index < -0.39 is 11.9 Å². The van der Waals surface area contributed by atoms with E-state index in [1.165, 1.54) is 35.0 Å². The van der Waals surface area contributed by atoms with Crippen LogP contribution in [-0.4, -0.2) is 232 Å². The Bertz CT molecular complexity index is 6780. The second-order valence-electron chi connectivity index (χ2n) is 38.0. The highest BCUT2D eigenvalue weighted by Gasteiger charge is 2.43. The van der Waals surface area contributed by atoms with Crippen LogP contribution in [0.3, 0.4) is 0 Å². The minimum Gasteiger partial charge on any atom is -0.392 e. The second-order valence-corrected chi connectivity index (χ2v) is 38.0. The van der Waals surface area contributed by atoms with Crippen LogP contribution in [0.1, 0.15) is 168 Å². The molecule has 138 heavy (non-hydrogen) atoms. The number of hydrogen-bond donors (Lipinski definition) is 1. The van der Waals surface area contributed by atoms with Gasteiger partial charge in [0.15, 0.2) is 29.0 Å². The van der Waals surface area contributed by atoms with Crippen LogP contribution in [0.2, 0.25) is 0 Å². The lowest BCUT2D eigenvalue weighted by Crippen LogP contribution is -2.37. The van der Waals surface area contributed by atoms with Crippen LogP contribution in [0.4, 0.5) is 63.6 Å². The van der Waals surface area contributed by atoms with Gasteiger partial charge in [-0.25, -0.2) is 4.39 Å². The van der Waals surface area contributed by atoms with E-state index in [1.54, 1.807) is 60.1 Å². The largest absolute Gasteiger partial charge is 0.435 e. The minimum absolute atomic E-state index is 0.0225. The molecule has 4 fully saturated rings. The lowest BCUT2D eigenvalue weighted by molar-refractivity contribution is -0.141. The van der Waals surface area contributed by atoms with E-state index in [-0.39, 0.29) is 65.8 Å². The van der Waals surface area contributed by atoms with Crippen LogP contribution in [0.15, 0.2) is 98.0 Å². The van der Waals surface area contributed by atoms with E-state index in [4.69, 9.17) is 39.3 Å². The first-order valence-electron chi connectivity index (χ1n) is 48.0. The zero-order valence-electron chi connectivity index (χ0n) is 79.0. The number of ether oxygens (including phenoxy) is 4. The second kappa shape index (κ2) is 37.2. The third kappa shape index (κ3) is 17.0. The molecule has 0 aliphatic carbocycles. The van der Waals surface area contributed by atoms with Gasteiger partial charge < -0.3 is 63.3 Å². The summed E-state index contributed by atoms with van der Waals surface area (Å²) in [5, 5.41) is 57.1. The maximum absolute atomic E-state index is 15.4. The number of anilines is 8. The molecule has 4 saturated heterocycles. The van der Waals surface area contributed by atoms with Crippen LogP contribution >= 0.6 is 0 Å². The molecule has 0 spiro atoms. The Labute approximate surface area is 795 Å². The summed E-state index contributed by atoms with van der Waals surface area (Å²) in [4.78, 5) is 65.1. The fraction of sp³-hybridized carbons (Fsp3) is 0.470. The van der Waals surface area contributed by atoms with E-state index in [9.17, 15) is 42.7 Å². The van der Waals surface area contributed by atoms with Crippen molar-refractivity contribution in [3.8, 4) is 50.6 Å². The Balaban J connectivity index is 0.000000110. The molecular formula is C100H113F4N25O9. The number of fused-ring (bicyclic) bond motifs is 8. The zero-order valence-corrected chi connectivity index (χ0v) is 79.0. The summed E-state index contributed by atoms with van der Waals surface area (Å²) < 4.78 is 93.5. The summed E-state index contributed by atoms with van der Waals surface area (Å²) in [6.45, 7) is 20.0.